The molecule has 1 aliphatic carbocycles. The maximum Gasteiger partial charge on any atom is 0.377 e. The Morgan fingerprint density at radius 3 is 2.69 bits per heavy atom. The van der Waals surface area contributed by atoms with Crippen LogP contribution in [0.4, 0.5) is 15.1 Å². The molecule has 1 amide bonds. The van der Waals surface area contributed by atoms with Gasteiger partial charge in [0.1, 0.15) is 11.6 Å². The van der Waals surface area contributed by atoms with Gasteiger partial charge in [0.15, 0.2) is 19.1 Å². The fourth-order valence-electron chi connectivity index (χ4n) is 5.26. The van der Waals surface area contributed by atoms with Crippen LogP contribution in [0.1, 0.15) is 41.3 Å². The molecule has 6 rings (SSSR count). The molecule has 12 heteroatoms. The van der Waals surface area contributed by atoms with E-state index >= 15 is 4.39 Å². The highest BCUT2D eigenvalue weighted by Crippen LogP contribution is 2.41. The van der Waals surface area contributed by atoms with Gasteiger partial charge in [0.2, 0.25) is 5.95 Å². The van der Waals surface area contributed by atoms with E-state index in [1.54, 1.807) is 68.7 Å². The number of aliphatic hydroxyl groups is 1. The number of aliphatic hydroxyl groups excluding tert-OH is 1. The van der Waals surface area contributed by atoms with Crippen LogP contribution in [0.15, 0.2) is 59.8 Å². The second kappa shape index (κ2) is 10.5. The zero-order valence-electron chi connectivity index (χ0n) is 23.5. The van der Waals surface area contributed by atoms with Gasteiger partial charge in [-0.05, 0) is 47.9 Å². The minimum Gasteiger partial charge on any atom is -0.392 e. The van der Waals surface area contributed by atoms with E-state index in [-0.39, 0.29) is 29.6 Å². The Bertz CT molecular complexity index is 1930. The first-order chi connectivity index (χ1) is 20.1. The number of aryl methyl sites for hydroxylation is 1. The van der Waals surface area contributed by atoms with Crippen LogP contribution in [0.25, 0.3) is 27.8 Å². The second-order valence-electron chi connectivity index (χ2n) is 10.7. The van der Waals surface area contributed by atoms with Crippen LogP contribution >= 0.6 is 0 Å². The van der Waals surface area contributed by atoms with Gasteiger partial charge in [0, 0.05) is 43.4 Å². The molecule has 3 N–H and O–H groups in total. The molecular formula is C30H30FN8O3+. The van der Waals surface area contributed by atoms with Gasteiger partial charge >= 0.3 is 6.03 Å². The van der Waals surface area contributed by atoms with Crippen molar-refractivity contribution in [1.29, 1.82) is 0 Å². The van der Waals surface area contributed by atoms with Crippen molar-refractivity contribution in [1.82, 2.24) is 29.1 Å². The Morgan fingerprint density at radius 2 is 1.98 bits per heavy atom. The number of aromatic nitrogens is 6. The first kappa shape index (κ1) is 27.2. The van der Waals surface area contributed by atoms with Crippen molar-refractivity contribution in [2.45, 2.75) is 31.8 Å². The highest BCUT2D eigenvalue weighted by Gasteiger charge is 2.26. The number of hydrogen-bond donors (Lipinski definition) is 2. The minimum atomic E-state index is -0.556. The number of benzene rings is 2. The number of amides is 1. The first-order valence-corrected chi connectivity index (χ1v) is 13.5. The van der Waals surface area contributed by atoms with E-state index in [0.29, 0.717) is 33.9 Å². The molecule has 0 aliphatic heterocycles. The molecule has 0 unspecified atom stereocenters. The van der Waals surface area contributed by atoms with Crippen molar-refractivity contribution in [2.24, 2.45) is 7.05 Å². The number of nitrogens with zero attached hydrogens (tertiary/aromatic N) is 7. The lowest BCUT2D eigenvalue weighted by atomic mass is 10.0. The van der Waals surface area contributed by atoms with E-state index in [1.807, 2.05) is 6.07 Å². The molecular weight excluding hydrogens is 539 g/mol. The summed E-state index contributed by atoms with van der Waals surface area (Å²) in [5, 5.41) is 11.0. The Kier molecular flexibility index (Phi) is 6.77. The molecule has 5 aromatic rings. The zero-order valence-corrected chi connectivity index (χ0v) is 23.5. The molecule has 11 nitrogen and oxygen atoms in total. The maximum absolute atomic E-state index is 15.2. The summed E-state index contributed by atoms with van der Waals surface area (Å²) in [6.45, 7) is -0.439. The minimum absolute atomic E-state index is 0.00395. The molecule has 1 fully saturated rings. The van der Waals surface area contributed by atoms with Crippen LogP contribution in [-0.2, 0) is 20.1 Å². The van der Waals surface area contributed by atoms with Gasteiger partial charge in [0.25, 0.3) is 5.56 Å². The summed E-state index contributed by atoms with van der Waals surface area (Å²) in [5.74, 6) is 0.350. The zero-order chi connectivity index (χ0) is 29.7. The molecule has 0 saturated heterocycles. The molecule has 3 aromatic heterocycles. The Labute approximate surface area is 240 Å². The summed E-state index contributed by atoms with van der Waals surface area (Å²) >= 11 is 0. The molecule has 0 spiro atoms. The molecule has 42 heavy (non-hydrogen) atoms. The summed E-state index contributed by atoms with van der Waals surface area (Å²) in [6, 6.07) is 9.94. The summed E-state index contributed by atoms with van der Waals surface area (Å²) in [4.78, 5) is 40.6. The van der Waals surface area contributed by atoms with Crippen molar-refractivity contribution >= 4 is 22.8 Å². The SMILES string of the molecule is CN(C)C(=O)n1cc(Cc2nc(N)nc(-c3cccc(-n4ccc5cc(C6CC6)cc(F)c5c4=O)c3CO)n2)c[n+]1C. The fraction of sp³-hybridized carbons (Fsp3) is 0.267. The maximum atomic E-state index is 15.2. The number of fused-ring (bicyclic) bond motifs is 1. The summed E-state index contributed by atoms with van der Waals surface area (Å²) in [5.41, 5.74) is 8.42. The number of nitrogens with two attached hydrogens (primary N) is 1. The Hall–Kier alpha value is -4.97. The van der Waals surface area contributed by atoms with Gasteiger partial charge in [-0.25, -0.2) is 14.2 Å². The summed E-state index contributed by atoms with van der Waals surface area (Å²) in [6.07, 6.45) is 7.40. The number of pyridine rings is 1. The first-order valence-electron chi connectivity index (χ1n) is 13.5. The van der Waals surface area contributed by atoms with Crippen LogP contribution in [0.5, 0.6) is 0 Å². The Morgan fingerprint density at radius 1 is 1.19 bits per heavy atom. The van der Waals surface area contributed by atoms with Crippen LogP contribution in [-0.4, -0.2) is 54.3 Å². The number of carbonyl (C=O) groups is 1. The molecule has 0 bridgehead atoms. The summed E-state index contributed by atoms with van der Waals surface area (Å²) in [7, 11) is 5.09. The number of rotatable bonds is 6. The predicted molar refractivity (Wildman–Crippen MR) is 154 cm³/mol. The number of carbonyl (C=O) groups excluding carboxylic acids is 1. The number of halogens is 1. The highest BCUT2D eigenvalue weighted by atomic mass is 19.1. The van der Waals surface area contributed by atoms with Crippen LogP contribution in [0, 0.1) is 5.82 Å². The normalized spacial score (nSPS) is 13.1. The average Bonchev–Trinajstić information content (AvgIpc) is 3.74. The largest absolute Gasteiger partial charge is 0.392 e. The highest BCUT2D eigenvalue weighted by molar-refractivity contribution is 5.83. The number of anilines is 1. The molecule has 3 heterocycles. The molecule has 1 saturated carbocycles. The quantitative estimate of drug-likeness (QED) is 0.300. The number of nitrogen functional groups attached to an aromatic ring is 1. The van der Waals surface area contributed by atoms with E-state index in [0.717, 1.165) is 24.0 Å². The van der Waals surface area contributed by atoms with E-state index in [9.17, 15) is 14.7 Å². The van der Waals surface area contributed by atoms with Crippen molar-refractivity contribution in [2.75, 3.05) is 19.8 Å². The van der Waals surface area contributed by atoms with Gasteiger partial charge in [-0.3, -0.25) is 9.36 Å². The number of hydrogen-bond acceptors (Lipinski definition) is 7. The monoisotopic (exact) mass is 569 g/mol. The molecule has 0 atom stereocenters. The van der Waals surface area contributed by atoms with Crippen molar-refractivity contribution < 1.29 is 19.0 Å². The van der Waals surface area contributed by atoms with E-state index < -0.39 is 18.0 Å². The third-order valence-corrected chi connectivity index (χ3v) is 7.46. The second-order valence-corrected chi connectivity index (χ2v) is 10.7. The molecule has 2 aromatic carbocycles. The molecule has 214 valence electrons. The van der Waals surface area contributed by atoms with Crippen molar-refractivity contribution in [3.63, 3.8) is 0 Å². The van der Waals surface area contributed by atoms with Crippen LogP contribution in [0.2, 0.25) is 0 Å². The van der Waals surface area contributed by atoms with Crippen molar-refractivity contribution in [3.8, 4) is 17.1 Å². The van der Waals surface area contributed by atoms with Gasteiger partial charge < -0.3 is 15.7 Å². The van der Waals surface area contributed by atoms with Gasteiger partial charge in [-0.2, -0.15) is 9.97 Å². The lowest BCUT2D eigenvalue weighted by Crippen LogP contribution is -2.45. The summed E-state index contributed by atoms with van der Waals surface area (Å²) < 4.78 is 19.6. The van der Waals surface area contributed by atoms with Crippen LogP contribution < -0.4 is 16.0 Å². The van der Waals surface area contributed by atoms with Gasteiger partial charge in [-0.15, -0.1) is 4.68 Å². The smallest absolute Gasteiger partial charge is 0.377 e. The van der Waals surface area contributed by atoms with E-state index in [2.05, 4.69) is 15.0 Å². The third-order valence-electron chi connectivity index (χ3n) is 7.46. The van der Waals surface area contributed by atoms with Gasteiger partial charge in [0.05, 0.1) is 23.9 Å². The fourth-order valence-corrected chi connectivity index (χ4v) is 5.26. The van der Waals surface area contributed by atoms with Crippen LogP contribution in [0.3, 0.4) is 0 Å². The lowest BCUT2D eigenvalue weighted by Gasteiger charge is -2.15. The third kappa shape index (κ3) is 4.90. The standard InChI is InChI=1S/C30H30FN8O3/c1-36(2)30(42)39-15-17(14-37(39)3)11-25-33-27(35-29(32)34-25)21-5-4-6-24(22(21)16-40)38-10-9-19-12-20(18-7-8-18)13-23(31)26(19)28(38)41/h4-6,9-10,12-15,18,40H,7-8,11,16H2,1-3H3,(H2,32,33,34,35)/q+1. The van der Waals surface area contributed by atoms with E-state index in [4.69, 9.17) is 5.73 Å². The predicted octanol–water partition coefficient (Wildman–Crippen LogP) is 2.68. The van der Waals surface area contributed by atoms with E-state index in [1.165, 1.54) is 20.2 Å². The Balaban J connectivity index is 1.40. The average molecular weight is 570 g/mol. The van der Waals surface area contributed by atoms with Gasteiger partial charge in [-0.1, -0.05) is 22.9 Å². The molecule has 1 aliphatic rings. The topological polar surface area (TPSA) is 136 Å². The molecule has 0 radical (unpaired) electrons. The lowest BCUT2D eigenvalue weighted by molar-refractivity contribution is -0.742. The van der Waals surface area contributed by atoms with Crippen molar-refractivity contribution in [3.05, 3.63) is 93.7 Å².